The van der Waals surface area contributed by atoms with Gasteiger partial charge in [0.25, 0.3) is 0 Å². The van der Waals surface area contributed by atoms with E-state index in [1.165, 1.54) is 0 Å². The van der Waals surface area contributed by atoms with Crippen LogP contribution in [0.4, 0.5) is 11.5 Å². The van der Waals surface area contributed by atoms with Gasteiger partial charge in [0.1, 0.15) is 5.69 Å². The Kier molecular flexibility index (Phi) is 4.56. The van der Waals surface area contributed by atoms with Gasteiger partial charge >= 0.3 is 5.69 Å². The fourth-order valence-electron chi connectivity index (χ4n) is 2.40. The molecule has 0 saturated carbocycles. The first-order chi connectivity index (χ1) is 9.52. The summed E-state index contributed by atoms with van der Waals surface area (Å²) in [6, 6.07) is 0. The normalized spacial score (nSPS) is 20.1. The minimum absolute atomic E-state index is 0.0360. The number of nitrogens with one attached hydrogen (secondary N) is 1. The number of aryl methyl sites for hydroxylation is 2. The Morgan fingerprint density at radius 2 is 2.35 bits per heavy atom. The Hall–Kier alpha value is -1.67. The molecule has 0 spiro atoms. The van der Waals surface area contributed by atoms with E-state index in [0.29, 0.717) is 31.2 Å². The highest BCUT2D eigenvalue weighted by Crippen LogP contribution is 2.28. The number of nitro groups is 1. The third-order valence-corrected chi connectivity index (χ3v) is 3.42. The summed E-state index contributed by atoms with van der Waals surface area (Å²) in [5.41, 5.74) is 0.483. The Balaban J connectivity index is 2.10. The molecule has 8 nitrogen and oxygen atoms in total. The van der Waals surface area contributed by atoms with Crippen molar-refractivity contribution in [1.82, 2.24) is 14.7 Å². The second-order valence-corrected chi connectivity index (χ2v) is 4.99. The summed E-state index contributed by atoms with van der Waals surface area (Å²) in [6.07, 6.45) is 0.0360. The van der Waals surface area contributed by atoms with Gasteiger partial charge in [-0.2, -0.15) is 5.10 Å². The van der Waals surface area contributed by atoms with Crippen LogP contribution in [0.1, 0.15) is 12.6 Å². The topological polar surface area (TPSA) is 85.5 Å². The molecule has 8 heteroatoms. The number of anilines is 1. The third kappa shape index (κ3) is 3.07. The van der Waals surface area contributed by atoms with Gasteiger partial charge in [-0.3, -0.25) is 10.1 Å². The molecule has 1 aromatic heterocycles. The van der Waals surface area contributed by atoms with Crippen LogP contribution in [0.15, 0.2) is 0 Å². The number of morpholine rings is 1. The van der Waals surface area contributed by atoms with Crippen molar-refractivity contribution in [3.63, 3.8) is 0 Å². The van der Waals surface area contributed by atoms with Crippen LogP contribution in [0.5, 0.6) is 0 Å². The minimum Gasteiger partial charge on any atom is -0.374 e. The van der Waals surface area contributed by atoms with Crippen molar-refractivity contribution in [2.24, 2.45) is 0 Å². The summed E-state index contributed by atoms with van der Waals surface area (Å²) < 4.78 is 7.27. The smallest absolute Gasteiger partial charge is 0.333 e. The van der Waals surface area contributed by atoms with E-state index in [4.69, 9.17) is 4.74 Å². The van der Waals surface area contributed by atoms with Crippen LogP contribution in [0.25, 0.3) is 0 Å². The van der Waals surface area contributed by atoms with Gasteiger partial charge in [0.15, 0.2) is 0 Å². The molecular formula is C12H21N5O3. The molecule has 2 rings (SSSR count). The molecule has 1 fully saturated rings. The van der Waals surface area contributed by atoms with Gasteiger partial charge in [-0.15, -0.1) is 0 Å². The molecule has 1 saturated heterocycles. The summed E-state index contributed by atoms with van der Waals surface area (Å²) in [6.45, 7) is 7.12. The standard InChI is InChI=1S/C12H21N5O3/c1-4-16-12(11(17(18)19)9(2)14-16)13-7-10-8-15(3)5-6-20-10/h10,13H,4-8H2,1-3H3. The molecule has 20 heavy (non-hydrogen) atoms. The first-order valence-electron chi connectivity index (χ1n) is 6.78. The van der Waals surface area contributed by atoms with E-state index in [9.17, 15) is 10.1 Å². The van der Waals surface area contributed by atoms with Crippen molar-refractivity contribution >= 4 is 11.5 Å². The Labute approximate surface area is 117 Å². The SMILES string of the molecule is CCn1nc(C)c([N+](=O)[O-])c1NCC1CN(C)CCO1. The zero-order valence-electron chi connectivity index (χ0n) is 12.1. The molecule has 1 atom stereocenters. The number of likely N-dealkylation sites (N-methyl/N-ethyl adjacent to an activating group) is 1. The lowest BCUT2D eigenvalue weighted by Crippen LogP contribution is -2.43. The van der Waals surface area contributed by atoms with Gasteiger partial charge in [0.2, 0.25) is 5.82 Å². The second-order valence-electron chi connectivity index (χ2n) is 4.99. The first-order valence-corrected chi connectivity index (χ1v) is 6.78. The summed E-state index contributed by atoms with van der Waals surface area (Å²) in [4.78, 5) is 13.0. The van der Waals surface area contributed by atoms with Crippen molar-refractivity contribution in [3.8, 4) is 0 Å². The highest BCUT2D eigenvalue weighted by Gasteiger charge is 2.26. The fourth-order valence-corrected chi connectivity index (χ4v) is 2.40. The van der Waals surface area contributed by atoms with E-state index in [2.05, 4.69) is 15.3 Å². The van der Waals surface area contributed by atoms with Crippen LogP contribution < -0.4 is 5.32 Å². The summed E-state index contributed by atoms with van der Waals surface area (Å²) in [7, 11) is 2.04. The van der Waals surface area contributed by atoms with E-state index in [1.54, 1.807) is 11.6 Å². The average Bonchev–Trinajstić information content (AvgIpc) is 2.72. The maximum Gasteiger partial charge on any atom is 0.333 e. The highest BCUT2D eigenvalue weighted by molar-refractivity contribution is 5.59. The Bertz CT molecular complexity index is 488. The lowest BCUT2D eigenvalue weighted by Gasteiger charge is -2.30. The monoisotopic (exact) mass is 283 g/mol. The van der Waals surface area contributed by atoms with Crippen molar-refractivity contribution in [2.75, 3.05) is 38.6 Å². The fraction of sp³-hybridized carbons (Fsp3) is 0.750. The molecule has 1 aliphatic rings. The van der Waals surface area contributed by atoms with Crippen LogP contribution in [0.3, 0.4) is 0 Å². The molecule has 0 radical (unpaired) electrons. The van der Waals surface area contributed by atoms with Crippen LogP contribution in [-0.4, -0.2) is 59.0 Å². The first kappa shape index (κ1) is 14.7. The predicted octanol–water partition coefficient (Wildman–Crippen LogP) is 0.862. The quantitative estimate of drug-likeness (QED) is 0.637. The summed E-state index contributed by atoms with van der Waals surface area (Å²) in [5, 5.41) is 18.5. The lowest BCUT2D eigenvalue weighted by atomic mass is 10.3. The summed E-state index contributed by atoms with van der Waals surface area (Å²) in [5.74, 6) is 0.465. The van der Waals surface area contributed by atoms with Crippen molar-refractivity contribution in [3.05, 3.63) is 15.8 Å². The van der Waals surface area contributed by atoms with Gasteiger partial charge in [-0.25, -0.2) is 4.68 Å². The number of rotatable bonds is 5. The molecule has 0 aromatic carbocycles. The predicted molar refractivity (Wildman–Crippen MR) is 75.0 cm³/mol. The molecule has 0 amide bonds. The van der Waals surface area contributed by atoms with E-state index in [1.807, 2.05) is 14.0 Å². The molecule has 0 bridgehead atoms. The maximum absolute atomic E-state index is 11.1. The van der Waals surface area contributed by atoms with Gasteiger partial charge in [-0.1, -0.05) is 0 Å². The third-order valence-electron chi connectivity index (χ3n) is 3.42. The maximum atomic E-state index is 11.1. The molecule has 1 N–H and O–H groups in total. The van der Waals surface area contributed by atoms with Crippen LogP contribution in [0, 0.1) is 17.0 Å². The van der Waals surface area contributed by atoms with Gasteiger partial charge in [0.05, 0.1) is 17.6 Å². The van der Waals surface area contributed by atoms with E-state index < -0.39 is 0 Å². The number of ether oxygens (including phenoxy) is 1. The number of hydrogen-bond acceptors (Lipinski definition) is 6. The molecule has 2 heterocycles. The van der Waals surface area contributed by atoms with Crippen molar-refractivity contribution in [2.45, 2.75) is 26.5 Å². The summed E-state index contributed by atoms with van der Waals surface area (Å²) >= 11 is 0. The lowest BCUT2D eigenvalue weighted by molar-refractivity contribution is -0.384. The van der Waals surface area contributed by atoms with Crippen LogP contribution in [0.2, 0.25) is 0 Å². The number of aromatic nitrogens is 2. The Morgan fingerprint density at radius 1 is 1.60 bits per heavy atom. The van der Waals surface area contributed by atoms with E-state index >= 15 is 0 Å². The van der Waals surface area contributed by atoms with Crippen molar-refractivity contribution in [1.29, 1.82) is 0 Å². The van der Waals surface area contributed by atoms with Crippen LogP contribution in [-0.2, 0) is 11.3 Å². The van der Waals surface area contributed by atoms with Gasteiger partial charge < -0.3 is 15.0 Å². The van der Waals surface area contributed by atoms with Crippen molar-refractivity contribution < 1.29 is 9.66 Å². The number of hydrogen-bond donors (Lipinski definition) is 1. The molecule has 1 aliphatic heterocycles. The van der Waals surface area contributed by atoms with E-state index in [-0.39, 0.29) is 16.7 Å². The van der Waals surface area contributed by atoms with E-state index in [0.717, 1.165) is 13.1 Å². The molecule has 0 aliphatic carbocycles. The Morgan fingerprint density at radius 3 is 2.95 bits per heavy atom. The molecular weight excluding hydrogens is 262 g/mol. The molecule has 112 valence electrons. The molecule has 1 unspecified atom stereocenters. The van der Waals surface area contributed by atoms with Crippen LogP contribution >= 0.6 is 0 Å². The number of nitrogens with zero attached hydrogens (tertiary/aromatic N) is 4. The zero-order chi connectivity index (χ0) is 14.7. The molecule has 1 aromatic rings. The largest absolute Gasteiger partial charge is 0.374 e. The van der Waals surface area contributed by atoms with Gasteiger partial charge in [-0.05, 0) is 20.9 Å². The minimum atomic E-state index is -0.384. The highest BCUT2D eigenvalue weighted by atomic mass is 16.6. The zero-order valence-corrected chi connectivity index (χ0v) is 12.1. The van der Waals surface area contributed by atoms with Gasteiger partial charge in [0, 0.05) is 26.2 Å². The average molecular weight is 283 g/mol. The second kappa shape index (κ2) is 6.19.